The molecule has 4 rings (SSSR count). The lowest BCUT2D eigenvalue weighted by molar-refractivity contribution is 0.102. The number of aryl methyl sites for hydroxylation is 1. The molecular weight excluding hydrogens is 398 g/mol. The Labute approximate surface area is 178 Å². The van der Waals surface area contributed by atoms with Crippen LogP contribution in [0.1, 0.15) is 47.1 Å². The van der Waals surface area contributed by atoms with Crippen LogP contribution in [-0.2, 0) is 0 Å². The summed E-state index contributed by atoms with van der Waals surface area (Å²) in [7, 11) is 0. The van der Waals surface area contributed by atoms with E-state index >= 15 is 0 Å². The van der Waals surface area contributed by atoms with Gasteiger partial charge in [-0.1, -0.05) is 19.0 Å². The van der Waals surface area contributed by atoms with Crippen LogP contribution in [0.4, 0.5) is 5.82 Å². The first kappa shape index (κ1) is 19.9. The van der Waals surface area contributed by atoms with Gasteiger partial charge < -0.3 is 9.84 Å². The van der Waals surface area contributed by atoms with Crippen LogP contribution in [0.15, 0.2) is 53.4 Å². The summed E-state index contributed by atoms with van der Waals surface area (Å²) in [4.78, 5) is 19.4. The first-order chi connectivity index (χ1) is 14.6. The highest BCUT2D eigenvalue weighted by Crippen LogP contribution is 2.36. The molecule has 152 valence electrons. The minimum Gasteiger partial charge on any atom is -0.355 e. The topological polar surface area (TPSA) is 93.8 Å². The highest BCUT2D eigenvalue weighted by molar-refractivity contribution is 7.15. The van der Waals surface area contributed by atoms with Gasteiger partial charge in [0, 0.05) is 28.6 Å². The number of pyridine rings is 1. The zero-order chi connectivity index (χ0) is 21.1. The van der Waals surface area contributed by atoms with Crippen molar-refractivity contribution in [1.29, 1.82) is 0 Å². The van der Waals surface area contributed by atoms with Crippen LogP contribution in [0.2, 0.25) is 0 Å². The maximum atomic E-state index is 12.8. The molecule has 0 fully saturated rings. The van der Waals surface area contributed by atoms with E-state index < -0.39 is 0 Å². The van der Waals surface area contributed by atoms with Crippen LogP contribution in [-0.4, -0.2) is 26.2 Å². The Balaban J connectivity index is 1.53. The highest BCUT2D eigenvalue weighted by atomic mass is 32.1. The molecule has 4 heterocycles. The van der Waals surface area contributed by atoms with Crippen molar-refractivity contribution in [3.63, 3.8) is 0 Å². The van der Waals surface area contributed by atoms with Crippen LogP contribution in [0.5, 0.6) is 0 Å². The van der Waals surface area contributed by atoms with E-state index in [-0.39, 0.29) is 11.8 Å². The highest BCUT2D eigenvalue weighted by Gasteiger charge is 2.18. The molecule has 0 saturated heterocycles. The van der Waals surface area contributed by atoms with Crippen LogP contribution >= 0.6 is 11.3 Å². The number of thiophene rings is 1. The second-order valence-electron chi connectivity index (χ2n) is 6.98. The van der Waals surface area contributed by atoms with Crippen LogP contribution in [0.3, 0.4) is 0 Å². The number of rotatable bonds is 6. The molecule has 0 aliphatic heterocycles. The smallest absolute Gasteiger partial charge is 0.258 e. The molecule has 0 saturated carbocycles. The fraction of sp³-hybridized carbons (Fsp3) is 0.227. The molecule has 1 N–H and O–H groups in total. The van der Waals surface area contributed by atoms with Crippen LogP contribution in [0, 0.1) is 6.92 Å². The van der Waals surface area contributed by atoms with E-state index in [1.54, 1.807) is 35.9 Å². The molecule has 1 amide bonds. The van der Waals surface area contributed by atoms with Crippen molar-refractivity contribution in [3.8, 4) is 21.8 Å². The first-order valence-corrected chi connectivity index (χ1v) is 10.5. The van der Waals surface area contributed by atoms with Crippen molar-refractivity contribution < 1.29 is 9.32 Å². The first-order valence-electron chi connectivity index (χ1n) is 9.67. The van der Waals surface area contributed by atoms with E-state index in [4.69, 9.17) is 4.52 Å². The lowest BCUT2D eigenvalue weighted by Gasteiger charge is -2.12. The van der Waals surface area contributed by atoms with E-state index in [1.807, 2.05) is 19.1 Å². The maximum Gasteiger partial charge on any atom is 0.258 e. The van der Waals surface area contributed by atoms with Crippen molar-refractivity contribution in [2.24, 2.45) is 0 Å². The van der Waals surface area contributed by atoms with Crippen molar-refractivity contribution in [1.82, 2.24) is 20.3 Å². The van der Waals surface area contributed by atoms with Gasteiger partial charge in [0.2, 0.25) is 0 Å². The SMILES string of the molecule is CCC(C)c1nnccc1C(=O)Nc1ccc(-c2cc(-c3ccno3)sc2C)cn1. The fourth-order valence-electron chi connectivity index (χ4n) is 3.14. The van der Waals surface area contributed by atoms with Crippen LogP contribution in [0.25, 0.3) is 21.8 Å². The number of carbonyl (C=O) groups excluding carboxylic acids is 1. The summed E-state index contributed by atoms with van der Waals surface area (Å²) in [5.74, 6) is 1.14. The molecule has 0 aliphatic rings. The Bertz CT molecular complexity index is 1150. The number of amides is 1. The third-order valence-corrected chi connectivity index (χ3v) is 6.05. The molecule has 0 spiro atoms. The normalized spacial score (nSPS) is 12.0. The summed E-state index contributed by atoms with van der Waals surface area (Å²) in [6.07, 6.45) is 5.80. The Hall–Kier alpha value is -3.39. The maximum absolute atomic E-state index is 12.8. The summed E-state index contributed by atoms with van der Waals surface area (Å²) < 4.78 is 5.25. The molecule has 0 bridgehead atoms. The van der Waals surface area contributed by atoms with Gasteiger partial charge in [0.15, 0.2) is 5.76 Å². The fourth-order valence-corrected chi connectivity index (χ4v) is 4.14. The molecule has 4 aromatic heterocycles. The predicted molar refractivity (Wildman–Crippen MR) is 116 cm³/mol. The average Bonchev–Trinajstić information content (AvgIpc) is 3.43. The molecule has 0 aromatic carbocycles. The van der Waals surface area contributed by atoms with E-state index in [0.717, 1.165) is 33.1 Å². The Morgan fingerprint density at radius 2 is 2.10 bits per heavy atom. The van der Waals surface area contributed by atoms with Gasteiger partial charge in [-0.2, -0.15) is 10.2 Å². The molecule has 8 heteroatoms. The largest absolute Gasteiger partial charge is 0.355 e. The number of nitrogens with zero attached hydrogens (tertiary/aromatic N) is 4. The van der Waals surface area contributed by atoms with E-state index in [2.05, 4.69) is 45.6 Å². The number of carbonyl (C=O) groups is 1. The molecule has 30 heavy (non-hydrogen) atoms. The van der Waals surface area contributed by atoms with Gasteiger partial charge in [-0.15, -0.1) is 11.3 Å². The molecule has 0 radical (unpaired) electrons. The number of nitrogens with one attached hydrogen (secondary N) is 1. The third-order valence-electron chi connectivity index (χ3n) is 4.99. The zero-order valence-corrected chi connectivity index (χ0v) is 17.7. The van der Waals surface area contributed by atoms with Crippen molar-refractivity contribution in [2.45, 2.75) is 33.1 Å². The lowest BCUT2D eigenvalue weighted by atomic mass is 10.00. The summed E-state index contributed by atoms with van der Waals surface area (Å²) in [6.45, 7) is 6.15. The van der Waals surface area contributed by atoms with Gasteiger partial charge in [-0.05, 0) is 43.2 Å². The Morgan fingerprint density at radius 1 is 1.23 bits per heavy atom. The molecule has 4 aromatic rings. The Morgan fingerprint density at radius 3 is 2.80 bits per heavy atom. The van der Waals surface area contributed by atoms with E-state index in [9.17, 15) is 4.79 Å². The molecule has 1 atom stereocenters. The van der Waals surface area contributed by atoms with Gasteiger partial charge in [-0.3, -0.25) is 4.79 Å². The Kier molecular flexibility index (Phi) is 5.67. The van der Waals surface area contributed by atoms with Crippen molar-refractivity contribution in [3.05, 3.63) is 65.1 Å². The average molecular weight is 420 g/mol. The number of hydrogen-bond acceptors (Lipinski definition) is 7. The summed E-state index contributed by atoms with van der Waals surface area (Å²) in [5, 5.41) is 14.7. The van der Waals surface area contributed by atoms with Crippen molar-refractivity contribution in [2.75, 3.05) is 5.32 Å². The molecular formula is C22H21N5O2S. The summed E-state index contributed by atoms with van der Waals surface area (Å²) >= 11 is 1.64. The van der Waals surface area contributed by atoms with Crippen LogP contribution < -0.4 is 5.32 Å². The summed E-state index contributed by atoms with van der Waals surface area (Å²) in [6, 6.07) is 9.35. The number of aromatic nitrogens is 4. The monoisotopic (exact) mass is 419 g/mol. The molecule has 0 aliphatic carbocycles. The lowest BCUT2D eigenvalue weighted by Crippen LogP contribution is -2.17. The number of anilines is 1. The van der Waals surface area contributed by atoms with Crippen molar-refractivity contribution >= 4 is 23.1 Å². The number of hydrogen-bond donors (Lipinski definition) is 1. The predicted octanol–water partition coefficient (Wildman–Crippen LogP) is 5.33. The summed E-state index contributed by atoms with van der Waals surface area (Å²) in [5.41, 5.74) is 3.27. The second-order valence-corrected chi connectivity index (χ2v) is 8.24. The van der Waals surface area contributed by atoms with Gasteiger partial charge in [0.05, 0.1) is 28.5 Å². The van der Waals surface area contributed by atoms with E-state index in [1.165, 1.54) is 6.20 Å². The molecule has 7 nitrogen and oxygen atoms in total. The van der Waals surface area contributed by atoms with Gasteiger partial charge in [0.1, 0.15) is 5.82 Å². The van der Waals surface area contributed by atoms with Gasteiger partial charge in [0.25, 0.3) is 5.91 Å². The standard InChI is InChI=1S/C22H21N5O2S/c1-4-13(2)21-16(7-9-24-27-21)22(28)26-20-6-5-15(12-23-20)17-11-19(30-14(17)3)18-8-10-25-29-18/h5-13H,4H2,1-3H3,(H,23,26,28). The quantitative estimate of drug-likeness (QED) is 0.454. The van der Waals surface area contributed by atoms with E-state index in [0.29, 0.717) is 17.1 Å². The molecule has 1 unspecified atom stereocenters. The third kappa shape index (κ3) is 3.99. The second kappa shape index (κ2) is 8.54. The van der Waals surface area contributed by atoms with Gasteiger partial charge >= 0.3 is 0 Å². The minimum atomic E-state index is -0.236. The van der Waals surface area contributed by atoms with Gasteiger partial charge in [-0.25, -0.2) is 4.98 Å². The minimum absolute atomic E-state index is 0.148. The zero-order valence-electron chi connectivity index (χ0n) is 16.9.